The van der Waals surface area contributed by atoms with Crippen molar-refractivity contribution in [1.82, 2.24) is 0 Å². The third-order valence-electron chi connectivity index (χ3n) is 3.63. The van der Waals surface area contributed by atoms with Crippen molar-refractivity contribution >= 4 is 21.4 Å². The van der Waals surface area contributed by atoms with Crippen molar-refractivity contribution in [3.8, 4) is 0 Å². The predicted octanol–water partition coefficient (Wildman–Crippen LogP) is 2.80. The molecule has 6 heteroatoms. The van der Waals surface area contributed by atoms with Crippen LogP contribution in [0.4, 0.5) is 10.1 Å². The summed E-state index contributed by atoms with van der Waals surface area (Å²) in [4.78, 5) is 12.4. The Morgan fingerprint density at radius 2 is 1.91 bits per heavy atom. The maximum absolute atomic E-state index is 13.6. The standard InChI is InChI=1S/C16H14FNO3S/c17-14-6-2-1-5-13(14)16(19)18-12-7-8-15-11(10-12)4-3-9-22(15,20)21/h1-2,5-8,10H,3-4,9H2,(H,18,19). The second-order valence-corrected chi connectivity index (χ2v) is 7.26. The number of sulfone groups is 1. The SMILES string of the molecule is O=C(Nc1ccc2c(c1)CCCS2(=O)=O)c1ccccc1F. The van der Waals surface area contributed by atoms with Gasteiger partial charge < -0.3 is 5.32 Å². The summed E-state index contributed by atoms with van der Waals surface area (Å²) in [5, 5.41) is 2.60. The van der Waals surface area contributed by atoms with Gasteiger partial charge in [0, 0.05) is 5.69 Å². The minimum Gasteiger partial charge on any atom is -0.322 e. The molecule has 4 nitrogen and oxygen atoms in total. The molecule has 3 rings (SSSR count). The number of nitrogens with one attached hydrogen (secondary N) is 1. The first kappa shape index (κ1) is 14.7. The van der Waals surface area contributed by atoms with Crippen molar-refractivity contribution in [2.45, 2.75) is 17.7 Å². The molecule has 1 aliphatic rings. The van der Waals surface area contributed by atoms with Crippen LogP contribution >= 0.6 is 0 Å². The highest BCUT2D eigenvalue weighted by Crippen LogP contribution is 2.27. The Balaban J connectivity index is 1.88. The second-order valence-electron chi connectivity index (χ2n) is 5.18. The van der Waals surface area contributed by atoms with E-state index in [0.29, 0.717) is 29.0 Å². The van der Waals surface area contributed by atoms with Crippen LogP contribution in [0.2, 0.25) is 0 Å². The Labute approximate surface area is 127 Å². The minimum absolute atomic E-state index is 0.0483. The van der Waals surface area contributed by atoms with E-state index in [1.807, 2.05) is 0 Å². The molecule has 0 aromatic heterocycles. The smallest absolute Gasteiger partial charge is 0.258 e. The van der Waals surface area contributed by atoms with Crippen LogP contribution in [-0.4, -0.2) is 20.1 Å². The van der Waals surface area contributed by atoms with Crippen molar-refractivity contribution in [3.05, 3.63) is 59.4 Å². The zero-order valence-electron chi connectivity index (χ0n) is 11.7. The quantitative estimate of drug-likeness (QED) is 0.926. The fourth-order valence-corrected chi connectivity index (χ4v) is 4.14. The summed E-state index contributed by atoms with van der Waals surface area (Å²) in [7, 11) is -3.22. The van der Waals surface area contributed by atoms with Crippen LogP contribution in [0, 0.1) is 5.82 Å². The van der Waals surface area contributed by atoms with Gasteiger partial charge in [-0.15, -0.1) is 0 Å². The van der Waals surface area contributed by atoms with Gasteiger partial charge in [0.05, 0.1) is 16.2 Å². The lowest BCUT2D eigenvalue weighted by Gasteiger charge is -2.17. The van der Waals surface area contributed by atoms with Crippen molar-refractivity contribution in [2.24, 2.45) is 0 Å². The molecular formula is C16H14FNO3S. The summed E-state index contributed by atoms with van der Waals surface area (Å²) in [6, 6.07) is 10.4. The van der Waals surface area contributed by atoms with E-state index in [-0.39, 0.29) is 11.3 Å². The molecule has 0 aliphatic carbocycles. The highest BCUT2D eigenvalue weighted by Gasteiger charge is 2.23. The number of hydrogen-bond acceptors (Lipinski definition) is 3. The van der Waals surface area contributed by atoms with Gasteiger partial charge in [0.2, 0.25) is 0 Å². The number of rotatable bonds is 2. The maximum Gasteiger partial charge on any atom is 0.258 e. The minimum atomic E-state index is -3.22. The first-order valence-electron chi connectivity index (χ1n) is 6.89. The molecule has 0 radical (unpaired) electrons. The summed E-state index contributed by atoms with van der Waals surface area (Å²) in [6.45, 7) is 0. The molecular weight excluding hydrogens is 305 g/mol. The lowest BCUT2D eigenvalue weighted by Crippen LogP contribution is -2.17. The molecule has 22 heavy (non-hydrogen) atoms. The molecule has 1 aliphatic heterocycles. The number of aryl methyl sites for hydroxylation is 1. The predicted molar refractivity (Wildman–Crippen MR) is 81.2 cm³/mol. The van der Waals surface area contributed by atoms with Gasteiger partial charge in [-0.05, 0) is 48.7 Å². The average Bonchev–Trinajstić information content (AvgIpc) is 2.47. The Morgan fingerprint density at radius 3 is 2.68 bits per heavy atom. The summed E-state index contributed by atoms with van der Waals surface area (Å²) < 4.78 is 37.4. The molecule has 0 bridgehead atoms. The molecule has 1 amide bonds. The van der Waals surface area contributed by atoms with Gasteiger partial charge >= 0.3 is 0 Å². The highest BCUT2D eigenvalue weighted by atomic mass is 32.2. The third kappa shape index (κ3) is 2.74. The van der Waals surface area contributed by atoms with E-state index >= 15 is 0 Å². The summed E-state index contributed by atoms with van der Waals surface area (Å²) >= 11 is 0. The normalized spacial score (nSPS) is 15.9. The van der Waals surface area contributed by atoms with E-state index < -0.39 is 21.6 Å². The molecule has 1 N–H and O–H groups in total. The van der Waals surface area contributed by atoms with Crippen LogP contribution in [0.25, 0.3) is 0 Å². The summed E-state index contributed by atoms with van der Waals surface area (Å²) in [6.07, 6.45) is 1.22. The van der Waals surface area contributed by atoms with E-state index in [4.69, 9.17) is 0 Å². The Hall–Kier alpha value is -2.21. The molecule has 2 aromatic rings. The number of amides is 1. The van der Waals surface area contributed by atoms with E-state index in [1.54, 1.807) is 12.1 Å². The van der Waals surface area contributed by atoms with Gasteiger partial charge in [-0.3, -0.25) is 4.79 Å². The first-order valence-corrected chi connectivity index (χ1v) is 8.54. The number of halogens is 1. The van der Waals surface area contributed by atoms with Gasteiger partial charge in [0.1, 0.15) is 5.82 Å². The molecule has 114 valence electrons. The molecule has 0 unspecified atom stereocenters. The van der Waals surface area contributed by atoms with Crippen LogP contribution in [0.1, 0.15) is 22.3 Å². The third-order valence-corrected chi connectivity index (χ3v) is 5.53. The molecule has 2 aromatic carbocycles. The zero-order valence-corrected chi connectivity index (χ0v) is 12.5. The summed E-state index contributed by atoms with van der Waals surface area (Å²) in [5.74, 6) is -1.00. The van der Waals surface area contributed by atoms with Crippen LogP contribution in [0.3, 0.4) is 0 Å². The van der Waals surface area contributed by atoms with E-state index in [2.05, 4.69) is 5.32 Å². The van der Waals surface area contributed by atoms with Gasteiger partial charge in [-0.2, -0.15) is 0 Å². The molecule has 1 heterocycles. The molecule has 0 saturated heterocycles. The van der Waals surface area contributed by atoms with Gasteiger partial charge in [-0.1, -0.05) is 12.1 Å². The number of hydrogen-bond donors (Lipinski definition) is 1. The van der Waals surface area contributed by atoms with Crippen LogP contribution in [0.5, 0.6) is 0 Å². The van der Waals surface area contributed by atoms with E-state index in [1.165, 1.54) is 30.3 Å². The fourth-order valence-electron chi connectivity index (χ4n) is 2.56. The van der Waals surface area contributed by atoms with E-state index in [0.717, 1.165) is 0 Å². The maximum atomic E-state index is 13.6. The van der Waals surface area contributed by atoms with Gasteiger partial charge in [0.25, 0.3) is 5.91 Å². The lowest BCUT2D eigenvalue weighted by atomic mass is 10.1. The molecule has 0 spiro atoms. The first-order chi connectivity index (χ1) is 10.5. The van der Waals surface area contributed by atoms with Crippen LogP contribution in [0.15, 0.2) is 47.4 Å². The number of carbonyl (C=O) groups excluding carboxylic acids is 1. The number of benzene rings is 2. The van der Waals surface area contributed by atoms with Crippen molar-refractivity contribution in [2.75, 3.05) is 11.1 Å². The Kier molecular flexibility index (Phi) is 3.70. The Bertz CT molecular complexity index is 846. The average molecular weight is 319 g/mol. The highest BCUT2D eigenvalue weighted by molar-refractivity contribution is 7.91. The molecule has 0 atom stereocenters. The monoisotopic (exact) mass is 319 g/mol. The van der Waals surface area contributed by atoms with Crippen LogP contribution in [-0.2, 0) is 16.3 Å². The number of fused-ring (bicyclic) bond motifs is 1. The van der Waals surface area contributed by atoms with Gasteiger partial charge in [0.15, 0.2) is 9.84 Å². The number of carbonyl (C=O) groups is 1. The van der Waals surface area contributed by atoms with Crippen molar-refractivity contribution in [1.29, 1.82) is 0 Å². The topological polar surface area (TPSA) is 63.2 Å². The lowest BCUT2D eigenvalue weighted by molar-refractivity contribution is 0.102. The van der Waals surface area contributed by atoms with E-state index in [9.17, 15) is 17.6 Å². The number of anilines is 1. The van der Waals surface area contributed by atoms with Gasteiger partial charge in [-0.25, -0.2) is 12.8 Å². The summed E-state index contributed by atoms with van der Waals surface area (Å²) in [5.41, 5.74) is 1.11. The second kappa shape index (κ2) is 5.53. The fraction of sp³-hybridized carbons (Fsp3) is 0.188. The van der Waals surface area contributed by atoms with Crippen molar-refractivity contribution < 1.29 is 17.6 Å². The zero-order chi connectivity index (χ0) is 15.7. The van der Waals surface area contributed by atoms with Crippen molar-refractivity contribution in [3.63, 3.8) is 0 Å². The Morgan fingerprint density at radius 1 is 1.14 bits per heavy atom. The molecule has 0 fully saturated rings. The van der Waals surface area contributed by atoms with Crippen LogP contribution < -0.4 is 5.32 Å². The largest absolute Gasteiger partial charge is 0.322 e. The molecule has 0 saturated carbocycles.